The largest absolute Gasteiger partial charge is 0.469 e. The number of phosphoric ester groups is 1. The fourth-order valence-electron chi connectivity index (χ4n) is 0.779. The molecule has 0 spiro atoms. The molecule has 0 heterocycles. The molecule has 0 aliphatic carbocycles. The van der Waals surface area contributed by atoms with Crippen LogP contribution in [0.2, 0.25) is 0 Å². The Kier molecular flexibility index (Phi) is 5.85. The zero-order chi connectivity index (χ0) is 12.1. The maximum absolute atomic E-state index is 11.0. The molecule has 3 N–H and O–H groups in total. The van der Waals surface area contributed by atoms with Crippen LogP contribution in [0.15, 0.2) is 0 Å². The van der Waals surface area contributed by atoms with E-state index in [4.69, 9.17) is 14.9 Å². The number of hydrogen-bond acceptors (Lipinski definition) is 5. The Hall–Kier alpha value is -0.590. The summed E-state index contributed by atoms with van der Waals surface area (Å²) >= 11 is 0. The number of hydrogen-bond donors (Lipinski definition) is 3. The van der Waals surface area contributed by atoms with Crippen molar-refractivity contribution in [1.29, 1.82) is 0 Å². The van der Waals surface area contributed by atoms with E-state index in [2.05, 4.69) is 4.52 Å². The fourth-order valence-corrected chi connectivity index (χ4v) is 1.11. The predicted octanol–water partition coefficient (Wildman–Crippen LogP) is -0.605. The maximum atomic E-state index is 11.0. The molecule has 0 aromatic rings. The normalized spacial score (nSPS) is 13.6. The van der Waals surface area contributed by atoms with Crippen LogP contribution in [0.1, 0.15) is 19.8 Å². The summed E-state index contributed by atoms with van der Waals surface area (Å²) in [5.74, 6) is -1.87. The third kappa shape index (κ3) is 6.48. The first-order chi connectivity index (χ1) is 6.78. The van der Waals surface area contributed by atoms with Gasteiger partial charge in [-0.2, -0.15) is 0 Å². The number of aliphatic hydroxyl groups excluding tert-OH is 1. The molecule has 15 heavy (non-hydrogen) atoms. The van der Waals surface area contributed by atoms with Crippen molar-refractivity contribution in [3.05, 3.63) is 0 Å². The first-order valence-corrected chi connectivity index (χ1v) is 5.76. The van der Waals surface area contributed by atoms with Crippen LogP contribution in [0.4, 0.5) is 0 Å². The Balaban J connectivity index is 4.11. The summed E-state index contributed by atoms with van der Waals surface area (Å²) in [6, 6.07) is 0. The van der Waals surface area contributed by atoms with E-state index in [1.807, 2.05) is 0 Å². The maximum Gasteiger partial charge on any atom is 0.469 e. The van der Waals surface area contributed by atoms with Crippen LogP contribution >= 0.6 is 7.82 Å². The van der Waals surface area contributed by atoms with Gasteiger partial charge in [0, 0.05) is 6.42 Å². The summed E-state index contributed by atoms with van der Waals surface area (Å²) in [6.45, 7) is 0.794. The van der Waals surface area contributed by atoms with E-state index in [-0.39, 0.29) is 6.42 Å². The predicted molar refractivity (Wildman–Crippen MR) is 48.9 cm³/mol. The van der Waals surface area contributed by atoms with Gasteiger partial charge in [-0.05, 0) is 6.42 Å². The first kappa shape index (κ1) is 14.4. The summed E-state index contributed by atoms with van der Waals surface area (Å²) in [5.41, 5.74) is 0. The highest BCUT2D eigenvalue weighted by molar-refractivity contribution is 7.46. The average molecular weight is 240 g/mol. The van der Waals surface area contributed by atoms with Gasteiger partial charge in [0.25, 0.3) is 0 Å². The lowest BCUT2D eigenvalue weighted by molar-refractivity contribution is -0.142. The van der Waals surface area contributed by atoms with E-state index in [9.17, 15) is 14.2 Å². The number of phosphoric acid groups is 1. The van der Waals surface area contributed by atoms with Gasteiger partial charge in [-0.25, -0.2) is 4.57 Å². The van der Waals surface area contributed by atoms with Crippen molar-refractivity contribution in [3.8, 4) is 0 Å². The lowest BCUT2D eigenvalue weighted by atomic mass is 10.1. The summed E-state index contributed by atoms with van der Waals surface area (Å²) in [6.07, 6.45) is -1.38. The number of ketones is 2. The monoisotopic (exact) mass is 240 g/mol. The van der Waals surface area contributed by atoms with Crippen LogP contribution in [-0.4, -0.2) is 39.2 Å². The molecule has 0 aliphatic rings. The van der Waals surface area contributed by atoms with E-state index in [1.54, 1.807) is 6.92 Å². The van der Waals surface area contributed by atoms with Crippen LogP contribution in [0, 0.1) is 0 Å². The number of rotatable bonds is 7. The molecule has 88 valence electrons. The van der Waals surface area contributed by atoms with Crippen molar-refractivity contribution < 1.29 is 33.6 Å². The zero-order valence-corrected chi connectivity index (χ0v) is 9.01. The highest BCUT2D eigenvalue weighted by Gasteiger charge is 2.25. The first-order valence-electron chi connectivity index (χ1n) is 4.23. The molecule has 0 amide bonds. The van der Waals surface area contributed by atoms with Gasteiger partial charge in [-0.3, -0.25) is 14.1 Å². The molecule has 0 aromatic heterocycles. The van der Waals surface area contributed by atoms with Gasteiger partial charge in [0.15, 0.2) is 0 Å². The molecule has 0 saturated heterocycles. The molecule has 0 radical (unpaired) electrons. The van der Waals surface area contributed by atoms with Crippen LogP contribution in [-0.2, 0) is 18.7 Å². The number of Topliss-reactive ketones (excluding diaryl/α,β-unsaturated/α-hetero) is 2. The fraction of sp³-hybridized carbons (Fsp3) is 0.714. The minimum Gasteiger partial charge on any atom is -0.382 e. The summed E-state index contributed by atoms with van der Waals surface area (Å²) in [5, 5.41) is 9.04. The quantitative estimate of drug-likeness (QED) is 0.401. The molecule has 7 nitrogen and oxygen atoms in total. The van der Waals surface area contributed by atoms with Crippen molar-refractivity contribution in [2.75, 3.05) is 6.61 Å². The minimum atomic E-state index is -4.73. The van der Waals surface area contributed by atoms with Gasteiger partial charge in [0.2, 0.25) is 11.6 Å². The van der Waals surface area contributed by atoms with Gasteiger partial charge < -0.3 is 14.9 Å². The standard InChI is InChI=1S/C7H13O7P/c1-2-3-5(8)7(10)6(9)4-14-15(11,12)13/h6,9H,2-4H2,1H3,(H2,11,12,13). The van der Waals surface area contributed by atoms with Crippen molar-refractivity contribution in [2.24, 2.45) is 0 Å². The molecular weight excluding hydrogens is 227 g/mol. The third-order valence-corrected chi connectivity index (χ3v) is 1.94. The van der Waals surface area contributed by atoms with Crippen molar-refractivity contribution >= 4 is 19.4 Å². The Morgan fingerprint density at radius 1 is 1.40 bits per heavy atom. The van der Waals surface area contributed by atoms with Crippen molar-refractivity contribution in [1.82, 2.24) is 0 Å². The number of aliphatic hydroxyl groups is 1. The van der Waals surface area contributed by atoms with E-state index in [0.717, 1.165) is 0 Å². The Bertz CT molecular complexity index is 281. The lowest BCUT2D eigenvalue weighted by Gasteiger charge is -2.09. The number of carbonyl (C=O) groups excluding carboxylic acids is 2. The van der Waals surface area contributed by atoms with E-state index in [0.29, 0.717) is 6.42 Å². The van der Waals surface area contributed by atoms with Crippen molar-refractivity contribution in [3.63, 3.8) is 0 Å². The summed E-state index contributed by atoms with van der Waals surface area (Å²) in [4.78, 5) is 38.5. The Labute approximate surface area is 86.3 Å². The molecule has 0 aromatic carbocycles. The van der Waals surface area contributed by atoms with Crippen LogP contribution in [0.5, 0.6) is 0 Å². The van der Waals surface area contributed by atoms with Gasteiger partial charge in [-0.1, -0.05) is 6.92 Å². The Morgan fingerprint density at radius 3 is 2.33 bits per heavy atom. The molecule has 0 saturated carbocycles. The number of carbonyl (C=O) groups is 2. The molecule has 1 unspecified atom stereocenters. The molecule has 1 atom stereocenters. The Morgan fingerprint density at radius 2 is 1.93 bits per heavy atom. The van der Waals surface area contributed by atoms with Crippen LogP contribution < -0.4 is 0 Å². The van der Waals surface area contributed by atoms with Gasteiger partial charge in [-0.15, -0.1) is 0 Å². The van der Waals surface area contributed by atoms with E-state index >= 15 is 0 Å². The highest BCUT2D eigenvalue weighted by Crippen LogP contribution is 2.35. The van der Waals surface area contributed by atoms with Crippen LogP contribution in [0.3, 0.4) is 0 Å². The molecule has 0 bridgehead atoms. The van der Waals surface area contributed by atoms with Gasteiger partial charge in [0.05, 0.1) is 6.61 Å². The average Bonchev–Trinajstić information content (AvgIpc) is 2.12. The topological polar surface area (TPSA) is 121 Å². The lowest BCUT2D eigenvalue weighted by Crippen LogP contribution is -2.31. The van der Waals surface area contributed by atoms with E-state index in [1.165, 1.54) is 0 Å². The highest BCUT2D eigenvalue weighted by atomic mass is 31.2. The molecule has 0 rings (SSSR count). The summed E-state index contributed by atoms with van der Waals surface area (Å²) in [7, 11) is -4.73. The molecule has 0 fully saturated rings. The molecular formula is C7H13O7P. The van der Waals surface area contributed by atoms with Crippen LogP contribution in [0.25, 0.3) is 0 Å². The van der Waals surface area contributed by atoms with Crippen molar-refractivity contribution in [2.45, 2.75) is 25.9 Å². The second-order valence-corrected chi connectivity index (χ2v) is 4.08. The summed E-state index contributed by atoms with van der Waals surface area (Å²) < 4.78 is 14.1. The van der Waals surface area contributed by atoms with E-state index < -0.39 is 32.1 Å². The smallest absolute Gasteiger partial charge is 0.382 e. The third-order valence-electron chi connectivity index (χ3n) is 1.46. The molecule has 8 heteroatoms. The van der Waals surface area contributed by atoms with Gasteiger partial charge >= 0.3 is 7.82 Å². The second kappa shape index (κ2) is 6.09. The van der Waals surface area contributed by atoms with Gasteiger partial charge in [0.1, 0.15) is 6.10 Å². The molecule has 0 aliphatic heterocycles. The zero-order valence-electron chi connectivity index (χ0n) is 8.12. The SMILES string of the molecule is CCCC(=O)C(=O)C(O)COP(=O)(O)O. The minimum absolute atomic E-state index is 0.00813. The second-order valence-electron chi connectivity index (χ2n) is 2.84.